The highest BCUT2D eigenvalue weighted by Crippen LogP contribution is 2.19. The summed E-state index contributed by atoms with van der Waals surface area (Å²) in [6.45, 7) is 2.62. The first kappa shape index (κ1) is 12.1. The first-order valence-corrected chi connectivity index (χ1v) is 6.20. The molecule has 1 aliphatic rings. The van der Waals surface area contributed by atoms with Crippen molar-refractivity contribution in [2.45, 2.75) is 13.0 Å². The molecule has 1 amide bonds. The van der Waals surface area contributed by atoms with Gasteiger partial charge in [0.15, 0.2) is 6.04 Å². The van der Waals surface area contributed by atoms with Gasteiger partial charge in [-0.05, 0) is 17.9 Å². The molecular weight excluding hydrogens is 242 g/mol. The van der Waals surface area contributed by atoms with E-state index in [0.717, 1.165) is 5.56 Å². The van der Waals surface area contributed by atoms with Crippen molar-refractivity contribution >= 4 is 23.2 Å². The third-order valence-electron chi connectivity index (χ3n) is 2.76. The van der Waals surface area contributed by atoms with Gasteiger partial charge >= 0.3 is 5.97 Å². The van der Waals surface area contributed by atoms with Gasteiger partial charge in [-0.1, -0.05) is 0 Å². The number of carboxylic acids is 1. The molecule has 1 atom stereocenters. The summed E-state index contributed by atoms with van der Waals surface area (Å²) >= 11 is 1.44. The van der Waals surface area contributed by atoms with Crippen molar-refractivity contribution in [3.05, 3.63) is 21.9 Å². The molecule has 0 saturated carbocycles. The van der Waals surface area contributed by atoms with Gasteiger partial charge < -0.3 is 14.7 Å². The van der Waals surface area contributed by atoms with E-state index in [9.17, 15) is 9.59 Å². The number of ether oxygens (including phenoxy) is 1. The van der Waals surface area contributed by atoms with Gasteiger partial charge in [0, 0.05) is 11.9 Å². The monoisotopic (exact) mass is 255 g/mol. The number of rotatable bonds is 2. The second-order valence-electron chi connectivity index (χ2n) is 3.90. The summed E-state index contributed by atoms with van der Waals surface area (Å²) in [5, 5.41) is 12.7. The first-order valence-electron chi connectivity index (χ1n) is 5.25. The molecule has 0 aliphatic carbocycles. The van der Waals surface area contributed by atoms with Crippen molar-refractivity contribution in [2.24, 2.45) is 0 Å². The van der Waals surface area contributed by atoms with Crippen molar-refractivity contribution < 1.29 is 19.4 Å². The van der Waals surface area contributed by atoms with E-state index in [1.165, 1.54) is 16.2 Å². The van der Waals surface area contributed by atoms with E-state index in [1.807, 2.05) is 12.3 Å². The SMILES string of the molecule is Cc1cscc1C(=O)N1CCOC[C@@H]1C(=O)O. The van der Waals surface area contributed by atoms with E-state index in [2.05, 4.69) is 0 Å². The second-order valence-corrected chi connectivity index (χ2v) is 4.64. The van der Waals surface area contributed by atoms with Crippen LogP contribution in [0, 0.1) is 6.92 Å². The van der Waals surface area contributed by atoms with E-state index in [4.69, 9.17) is 9.84 Å². The van der Waals surface area contributed by atoms with E-state index in [1.54, 1.807) is 5.38 Å². The van der Waals surface area contributed by atoms with Gasteiger partial charge in [0.05, 0.1) is 18.8 Å². The van der Waals surface area contributed by atoms with Crippen molar-refractivity contribution in [3.63, 3.8) is 0 Å². The number of aliphatic carboxylic acids is 1. The smallest absolute Gasteiger partial charge is 0.328 e. The number of thiophene rings is 1. The van der Waals surface area contributed by atoms with E-state index in [0.29, 0.717) is 18.7 Å². The standard InChI is InChI=1S/C11H13NO4S/c1-7-5-17-6-8(7)10(13)12-2-3-16-4-9(12)11(14)15/h5-6,9H,2-4H2,1H3,(H,14,15)/t9-/m1/s1. The molecule has 1 N–H and O–H groups in total. The molecule has 0 radical (unpaired) electrons. The number of carbonyl (C=O) groups is 2. The Balaban J connectivity index is 2.23. The van der Waals surface area contributed by atoms with Crippen LogP contribution in [0.4, 0.5) is 0 Å². The minimum atomic E-state index is -1.02. The Bertz CT molecular complexity index is 442. The Morgan fingerprint density at radius 3 is 2.88 bits per heavy atom. The molecule has 1 aliphatic heterocycles. The van der Waals surface area contributed by atoms with Gasteiger partial charge in [-0.15, -0.1) is 0 Å². The molecule has 0 unspecified atom stereocenters. The van der Waals surface area contributed by atoms with Crippen LogP contribution in [0.3, 0.4) is 0 Å². The number of hydrogen-bond acceptors (Lipinski definition) is 4. The minimum Gasteiger partial charge on any atom is -0.480 e. The van der Waals surface area contributed by atoms with Gasteiger partial charge in [-0.3, -0.25) is 4.79 Å². The maximum atomic E-state index is 12.2. The molecule has 2 rings (SSSR count). The van der Waals surface area contributed by atoms with Crippen LogP contribution < -0.4 is 0 Å². The first-order chi connectivity index (χ1) is 8.11. The highest BCUT2D eigenvalue weighted by atomic mass is 32.1. The van der Waals surface area contributed by atoms with E-state index < -0.39 is 12.0 Å². The van der Waals surface area contributed by atoms with E-state index >= 15 is 0 Å². The Hall–Kier alpha value is -1.40. The molecule has 1 fully saturated rings. The number of morpholine rings is 1. The lowest BCUT2D eigenvalue weighted by Gasteiger charge is -2.32. The zero-order valence-corrected chi connectivity index (χ0v) is 10.2. The van der Waals surface area contributed by atoms with Crippen LogP contribution in [-0.2, 0) is 9.53 Å². The molecule has 6 heteroatoms. The molecule has 1 aromatic rings. The number of aryl methyl sites for hydroxylation is 1. The summed E-state index contributed by atoms with van der Waals surface area (Å²) in [5.74, 6) is -1.25. The normalized spacial score (nSPS) is 20.3. The summed E-state index contributed by atoms with van der Waals surface area (Å²) in [6, 6.07) is -0.879. The number of nitrogens with zero attached hydrogens (tertiary/aromatic N) is 1. The van der Waals surface area contributed by atoms with Crippen LogP contribution in [0.2, 0.25) is 0 Å². The fourth-order valence-electron chi connectivity index (χ4n) is 1.79. The predicted molar refractivity (Wildman–Crippen MR) is 62.3 cm³/mol. The Labute approximate surface area is 103 Å². The zero-order chi connectivity index (χ0) is 12.4. The van der Waals surface area contributed by atoms with Crippen molar-refractivity contribution in [2.75, 3.05) is 19.8 Å². The zero-order valence-electron chi connectivity index (χ0n) is 9.38. The van der Waals surface area contributed by atoms with Crippen LogP contribution in [0.15, 0.2) is 10.8 Å². The third kappa shape index (κ3) is 2.32. The van der Waals surface area contributed by atoms with Crippen LogP contribution in [0.1, 0.15) is 15.9 Å². The molecule has 0 bridgehead atoms. The molecule has 0 aromatic carbocycles. The van der Waals surface area contributed by atoms with Crippen LogP contribution in [-0.4, -0.2) is 47.7 Å². The highest BCUT2D eigenvalue weighted by molar-refractivity contribution is 7.08. The van der Waals surface area contributed by atoms with Gasteiger partial charge in [-0.25, -0.2) is 4.79 Å². The molecule has 5 nitrogen and oxygen atoms in total. The second kappa shape index (κ2) is 4.85. The summed E-state index contributed by atoms with van der Waals surface area (Å²) in [5.41, 5.74) is 1.47. The maximum absolute atomic E-state index is 12.2. The average Bonchev–Trinajstić information content (AvgIpc) is 2.74. The lowest BCUT2D eigenvalue weighted by atomic mass is 10.1. The molecule has 1 saturated heterocycles. The molecular formula is C11H13NO4S. The summed E-state index contributed by atoms with van der Waals surface area (Å²) in [6.07, 6.45) is 0. The van der Waals surface area contributed by atoms with Crippen molar-refractivity contribution in [1.82, 2.24) is 4.90 Å². The number of carbonyl (C=O) groups excluding carboxylic acids is 1. The third-order valence-corrected chi connectivity index (χ3v) is 3.62. The summed E-state index contributed by atoms with van der Waals surface area (Å²) < 4.78 is 5.10. The summed E-state index contributed by atoms with van der Waals surface area (Å²) in [7, 11) is 0. The minimum absolute atomic E-state index is 0.0598. The lowest BCUT2D eigenvalue weighted by Crippen LogP contribution is -2.52. The van der Waals surface area contributed by atoms with Gasteiger partial charge in [0.2, 0.25) is 0 Å². The topological polar surface area (TPSA) is 66.8 Å². The number of hydrogen-bond donors (Lipinski definition) is 1. The molecule has 1 aromatic heterocycles. The quantitative estimate of drug-likeness (QED) is 0.855. The van der Waals surface area contributed by atoms with E-state index in [-0.39, 0.29) is 12.5 Å². The lowest BCUT2D eigenvalue weighted by molar-refractivity contribution is -0.147. The fraction of sp³-hybridized carbons (Fsp3) is 0.455. The van der Waals surface area contributed by atoms with Crippen molar-refractivity contribution in [3.8, 4) is 0 Å². The Kier molecular flexibility index (Phi) is 3.44. The van der Waals surface area contributed by atoms with Crippen LogP contribution in [0.25, 0.3) is 0 Å². The van der Waals surface area contributed by atoms with Gasteiger partial charge in [0.1, 0.15) is 0 Å². The predicted octanol–water partition coefficient (Wildman–Crippen LogP) is 0.982. The van der Waals surface area contributed by atoms with Crippen molar-refractivity contribution in [1.29, 1.82) is 0 Å². The van der Waals surface area contributed by atoms with Crippen LogP contribution >= 0.6 is 11.3 Å². The van der Waals surface area contributed by atoms with Crippen LogP contribution in [0.5, 0.6) is 0 Å². The van der Waals surface area contributed by atoms with Gasteiger partial charge in [0.25, 0.3) is 5.91 Å². The van der Waals surface area contributed by atoms with Gasteiger partial charge in [-0.2, -0.15) is 11.3 Å². The molecule has 17 heavy (non-hydrogen) atoms. The maximum Gasteiger partial charge on any atom is 0.328 e. The Morgan fingerprint density at radius 2 is 2.29 bits per heavy atom. The summed E-state index contributed by atoms with van der Waals surface area (Å²) in [4.78, 5) is 24.6. The number of carboxylic acid groups (broad SMARTS) is 1. The largest absolute Gasteiger partial charge is 0.480 e. The molecule has 2 heterocycles. The molecule has 0 spiro atoms. The fourth-order valence-corrected chi connectivity index (χ4v) is 2.61. The molecule has 92 valence electrons. The Morgan fingerprint density at radius 1 is 1.53 bits per heavy atom. The highest BCUT2D eigenvalue weighted by Gasteiger charge is 2.33. The number of amides is 1. The average molecular weight is 255 g/mol.